The van der Waals surface area contributed by atoms with Crippen molar-refractivity contribution in [2.75, 3.05) is 24.6 Å². The van der Waals surface area contributed by atoms with Crippen LogP contribution < -0.4 is 9.05 Å². The van der Waals surface area contributed by atoms with Crippen LogP contribution in [0.3, 0.4) is 0 Å². The molecular formula is C38H72O4P2. The summed E-state index contributed by atoms with van der Waals surface area (Å²) in [7, 11) is -5.78. The Morgan fingerprint density at radius 2 is 0.614 bits per heavy atom. The van der Waals surface area contributed by atoms with E-state index in [4.69, 9.17) is 9.05 Å². The maximum atomic E-state index is 14.3. The molecule has 0 bridgehead atoms. The van der Waals surface area contributed by atoms with Crippen molar-refractivity contribution in [2.45, 2.75) is 182 Å². The first kappa shape index (κ1) is 41.3. The summed E-state index contributed by atoms with van der Waals surface area (Å²) in [6.07, 6.45) is 30.5. The lowest BCUT2D eigenvalue weighted by Crippen LogP contribution is -2.07. The highest BCUT2D eigenvalue weighted by atomic mass is 31.2. The number of hydrogen-bond donors (Lipinski definition) is 0. The number of rotatable bonds is 32. The van der Waals surface area contributed by atoms with Crippen molar-refractivity contribution in [3.05, 3.63) is 24.3 Å². The molecule has 44 heavy (non-hydrogen) atoms. The minimum atomic E-state index is -2.89. The third-order valence-electron chi connectivity index (χ3n) is 8.79. The van der Waals surface area contributed by atoms with Gasteiger partial charge in [-0.1, -0.05) is 168 Å². The summed E-state index contributed by atoms with van der Waals surface area (Å²) in [5, 5.41) is 0. The minimum absolute atomic E-state index is 0.527. The standard InChI is InChI=1S/C38H72O4P2/c1-5-9-13-17-21-27-33-43(39,34-28-22-18-14-10-6-2)41-37-31-25-26-32-38(37)42-44(40,35-29-23-19-15-11-7-3)36-30-24-20-16-12-8-4/h25-26,31-32H,5-24,27-30,33-36H2,1-4H3. The first-order valence-corrected chi connectivity index (χ1v) is 23.0. The molecule has 0 saturated carbocycles. The second kappa shape index (κ2) is 27.4. The van der Waals surface area contributed by atoms with Crippen molar-refractivity contribution in [2.24, 2.45) is 0 Å². The van der Waals surface area contributed by atoms with E-state index in [0.29, 0.717) is 36.1 Å². The van der Waals surface area contributed by atoms with E-state index in [2.05, 4.69) is 27.7 Å². The van der Waals surface area contributed by atoms with Gasteiger partial charge in [0.1, 0.15) is 0 Å². The average Bonchev–Trinajstić information content (AvgIpc) is 3.01. The quantitative estimate of drug-likeness (QED) is 0.0573. The van der Waals surface area contributed by atoms with Crippen molar-refractivity contribution in [3.63, 3.8) is 0 Å². The Morgan fingerprint density at radius 3 is 0.864 bits per heavy atom. The van der Waals surface area contributed by atoms with Gasteiger partial charge in [-0.3, -0.25) is 9.13 Å². The van der Waals surface area contributed by atoms with Gasteiger partial charge >= 0.3 is 0 Å². The fraction of sp³-hybridized carbons (Fsp3) is 0.842. The van der Waals surface area contributed by atoms with Crippen molar-refractivity contribution in [1.82, 2.24) is 0 Å². The smallest absolute Gasteiger partial charge is 0.248 e. The lowest BCUT2D eigenvalue weighted by molar-refractivity contribution is 0.439. The van der Waals surface area contributed by atoms with Gasteiger partial charge < -0.3 is 9.05 Å². The molecule has 1 rings (SSSR count). The zero-order valence-electron chi connectivity index (χ0n) is 29.6. The van der Waals surface area contributed by atoms with Gasteiger partial charge in [0.2, 0.25) is 14.7 Å². The van der Waals surface area contributed by atoms with E-state index >= 15 is 0 Å². The fourth-order valence-corrected chi connectivity index (χ4v) is 10.6. The molecule has 258 valence electrons. The molecule has 0 aliphatic rings. The molecule has 6 heteroatoms. The molecule has 0 unspecified atom stereocenters. The highest BCUT2D eigenvalue weighted by Gasteiger charge is 2.29. The van der Waals surface area contributed by atoms with Gasteiger partial charge in [-0.15, -0.1) is 0 Å². The van der Waals surface area contributed by atoms with E-state index in [-0.39, 0.29) is 0 Å². The molecule has 1 aromatic rings. The summed E-state index contributed by atoms with van der Waals surface area (Å²) >= 11 is 0. The van der Waals surface area contributed by atoms with E-state index in [1.807, 2.05) is 24.3 Å². The van der Waals surface area contributed by atoms with Crippen LogP contribution in [-0.2, 0) is 9.13 Å². The molecule has 0 radical (unpaired) electrons. The summed E-state index contributed by atoms with van der Waals surface area (Å²) in [4.78, 5) is 0. The van der Waals surface area contributed by atoms with Gasteiger partial charge in [-0.25, -0.2) is 0 Å². The molecule has 0 N–H and O–H groups in total. The highest BCUT2D eigenvalue weighted by molar-refractivity contribution is 7.59. The number of unbranched alkanes of at least 4 members (excludes halogenated alkanes) is 20. The van der Waals surface area contributed by atoms with E-state index in [1.54, 1.807) is 0 Å². The molecule has 4 nitrogen and oxygen atoms in total. The Hall–Kier alpha value is -0.720. The van der Waals surface area contributed by atoms with Gasteiger partial charge in [-0.05, 0) is 37.8 Å². The van der Waals surface area contributed by atoms with E-state index < -0.39 is 14.7 Å². The summed E-state index contributed by atoms with van der Waals surface area (Å²) in [6.45, 7) is 8.95. The highest BCUT2D eigenvalue weighted by Crippen LogP contribution is 2.55. The van der Waals surface area contributed by atoms with Crippen LogP contribution in [0.5, 0.6) is 11.5 Å². The molecule has 0 fully saturated rings. The molecule has 0 atom stereocenters. The first-order chi connectivity index (χ1) is 21.4. The Kier molecular flexibility index (Phi) is 25.7. The van der Waals surface area contributed by atoms with Crippen molar-refractivity contribution < 1.29 is 18.2 Å². The molecule has 0 spiro atoms. The molecule has 0 aromatic heterocycles. The molecule has 0 heterocycles. The topological polar surface area (TPSA) is 52.6 Å². The van der Waals surface area contributed by atoms with Crippen LogP contribution in [-0.4, -0.2) is 24.6 Å². The van der Waals surface area contributed by atoms with Crippen molar-refractivity contribution in [3.8, 4) is 11.5 Å². The molecule has 0 amide bonds. The maximum absolute atomic E-state index is 14.3. The van der Waals surface area contributed by atoms with Gasteiger partial charge in [0.15, 0.2) is 11.5 Å². The van der Waals surface area contributed by atoms with Crippen LogP contribution in [0.15, 0.2) is 24.3 Å². The van der Waals surface area contributed by atoms with Crippen molar-refractivity contribution >= 4 is 14.7 Å². The van der Waals surface area contributed by atoms with Gasteiger partial charge in [-0.2, -0.15) is 0 Å². The molecule has 0 saturated heterocycles. The van der Waals surface area contributed by atoms with E-state index in [9.17, 15) is 9.13 Å². The van der Waals surface area contributed by atoms with E-state index in [1.165, 1.54) is 103 Å². The Bertz CT molecular complexity index is 776. The lowest BCUT2D eigenvalue weighted by Gasteiger charge is -2.24. The summed E-state index contributed by atoms with van der Waals surface area (Å²) in [5.74, 6) is 1.05. The second-order valence-corrected chi connectivity index (χ2v) is 18.6. The van der Waals surface area contributed by atoms with Crippen LogP contribution in [0.1, 0.15) is 182 Å². The number of hydrogen-bond acceptors (Lipinski definition) is 4. The molecular weight excluding hydrogens is 582 g/mol. The van der Waals surface area contributed by atoms with Crippen molar-refractivity contribution in [1.29, 1.82) is 0 Å². The SMILES string of the molecule is CCCCCCCCP(=O)(CCCCCCCC)Oc1ccccc1OP(=O)(CCCCCCCC)CCCCCCCC. The first-order valence-electron chi connectivity index (χ1n) is 19.1. The normalized spacial score (nSPS) is 12.1. The largest absolute Gasteiger partial charge is 0.439 e. The fourth-order valence-electron chi connectivity index (χ4n) is 5.90. The third-order valence-corrected chi connectivity index (χ3v) is 13.8. The molecule has 1 aromatic carbocycles. The number of benzene rings is 1. The summed E-state index contributed by atoms with van der Waals surface area (Å²) in [5.41, 5.74) is 0. The van der Waals surface area contributed by atoms with Gasteiger partial charge in [0.25, 0.3) is 0 Å². The monoisotopic (exact) mass is 654 g/mol. The lowest BCUT2D eigenvalue weighted by atomic mass is 10.1. The van der Waals surface area contributed by atoms with Gasteiger partial charge in [0, 0.05) is 24.6 Å². The van der Waals surface area contributed by atoms with Crippen LogP contribution in [0.4, 0.5) is 0 Å². The predicted octanol–water partition coefficient (Wildman–Crippen LogP) is 14.4. The number of para-hydroxylation sites is 2. The molecule has 0 aliphatic carbocycles. The Labute approximate surface area is 274 Å². The zero-order chi connectivity index (χ0) is 32.2. The zero-order valence-corrected chi connectivity index (χ0v) is 31.4. The Balaban J connectivity index is 2.97. The second-order valence-electron chi connectivity index (χ2n) is 13.2. The maximum Gasteiger partial charge on any atom is 0.248 e. The van der Waals surface area contributed by atoms with E-state index in [0.717, 1.165) is 51.4 Å². The van der Waals surface area contributed by atoms with Crippen LogP contribution in [0.2, 0.25) is 0 Å². The van der Waals surface area contributed by atoms with Crippen LogP contribution >= 0.6 is 14.7 Å². The average molecular weight is 655 g/mol. The Morgan fingerprint density at radius 1 is 0.386 bits per heavy atom. The minimum Gasteiger partial charge on any atom is -0.439 e. The third kappa shape index (κ3) is 21.1. The van der Waals surface area contributed by atoms with Crippen LogP contribution in [0, 0.1) is 0 Å². The summed E-state index contributed by atoms with van der Waals surface area (Å²) < 4.78 is 41.6. The summed E-state index contributed by atoms with van der Waals surface area (Å²) in [6, 6.07) is 7.61. The van der Waals surface area contributed by atoms with Gasteiger partial charge in [0.05, 0.1) is 0 Å². The predicted molar refractivity (Wildman–Crippen MR) is 196 cm³/mol. The molecule has 0 aliphatic heterocycles. The van der Waals surface area contributed by atoms with Crippen LogP contribution in [0.25, 0.3) is 0 Å².